The first kappa shape index (κ1) is 9.74. The molecule has 3 N–H and O–H groups in total. The van der Waals surface area contributed by atoms with Crippen molar-refractivity contribution < 1.29 is 4.79 Å². The van der Waals surface area contributed by atoms with Crippen molar-refractivity contribution in [1.82, 2.24) is 5.32 Å². The SMILES string of the molecule is CC(=O)NC(CN)c1ccccc1. The second kappa shape index (κ2) is 4.62. The fourth-order valence-electron chi connectivity index (χ4n) is 1.21. The highest BCUT2D eigenvalue weighted by Crippen LogP contribution is 2.10. The maximum Gasteiger partial charge on any atom is 0.217 e. The molecule has 1 unspecified atom stereocenters. The largest absolute Gasteiger partial charge is 0.348 e. The van der Waals surface area contributed by atoms with Gasteiger partial charge in [0, 0.05) is 13.5 Å². The van der Waals surface area contributed by atoms with Crippen LogP contribution in [0.5, 0.6) is 0 Å². The average Bonchev–Trinajstić information content (AvgIpc) is 2.15. The number of hydrogen-bond donors (Lipinski definition) is 2. The Balaban J connectivity index is 2.73. The van der Waals surface area contributed by atoms with Crippen molar-refractivity contribution in [3.63, 3.8) is 0 Å². The number of nitrogens with two attached hydrogens (primary N) is 1. The summed E-state index contributed by atoms with van der Waals surface area (Å²) in [5.74, 6) is -0.0562. The van der Waals surface area contributed by atoms with Gasteiger partial charge >= 0.3 is 0 Å². The highest BCUT2D eigenvalue weighted by atomic mass is 16.1. The van der Waals surface area contributed by atoms with Gasteiger partial charge in [-0.3, -0.25) is 4.79 Å². The lowest BCUT2D eigenvalue weighted by Gasteiger charge is -2.15. The van der Waals surface area contributed by atoms with Gasteiger partial charge in [-0.1, -0.05) is 30.3 Å². The van der Waals surface area contributed by atoms with Crippen LogP contribution in [0.15, 0.2) is 30.3 Å². The first-order valence-electron chi connectivity index (χ1n) is 4.26. The van der Waals surface area contributed by atoms with Crippen molar-refractivity contribution in [2.75, 3.05) is 6.54 Å². The Hall–Kier alpha value is -1.35. The number of carbonyl (C=O) groups is 1. The van der Waals surface area contributed by atoms with Crippen molar-refractivity contribution in [2.45, 2.75) is 13.0 Å². The molecule has 0 aromatic heterocycles. The van der Waals surface area contributed by atoms with Gasteiger partial charge in [0.25, 0.3) is 0 Å². The van der Waals surface area contributed by atoms with Gasteiger partial charge in [-0.15, -0.1) is 0 Å². The molecule has 13 heavy (non-hydrogen) atoms. The maximum absolute atomic E-state index is 10.8. The zero-order valence-electron chi connectivity index (χ0n) is 7.66. The molecule has 0 bridgehead atoms. The van der Waals surface area contributed by atoms with Crippen molar-refractivity contribution in [1.29, 1.82) is 0 Å². The van der Waals surface area contributed by atoms with Gasteiger partial charge in [-0.05, 0) is 5.56 Å². The summed E-state index contributed by atoms with van der Waals surface area (Å²) in [6.45, 7) is 1.91. The molecule has 0 radical (unpaired) electrons. The van der Waals surface area contributed by atoms with Crippen LogP contribution in [0.2, 0.25) is 0 Å². The molecule has 0 aliphatic rings. The van der Waals surface area contributed by atoms with E-state index in [1.54, 1.807) is 0 Å². The van der Waals surface area contributed by atoms with Crippen LogP contribution in [-0.2, 0) is 4.79 Å². The van der Waals surface area contributed by atoms with Crippen LogP contribution in [0.3, 0.4) is 0 Å². The summed E-state index contributed by atoms with van der Waals surface area (Å²) in [5.41, 5.74) is 6.58. The Morgan fingerprint density at radius 1 is 1.46 bits per heavy atom. The maximum atomic E-state index is 10.8. The van der Waals surface area contributed by atoms with Gasteiger partial charge in [0.05, 0.1) is 6.04 Å². The fraction of sp³-hybridized carbons (Fsp3) is 0.300. The Kier molecular flexibility index (Phi) is 3.46. The molecule has 3 nitrogen and oxygen atoms in total. The summed E-state index contributed by atoms with van der Waals surface area (Å²) in [4.78, 5) is 10.8. The standard InChI is InChI=1S/C10H14N2O/c1-8(13)12-10(7-11)9-5-3-2-4-6-9/h2-6,10H,7,11H2,1H3,(H,12,13). The zero-order valence-corrected chi connectivity index (χ0v) is 7.66. The van der Waals surface area contributed by atoms with Crippen LogP contribution in [0.25, 0.3) is 0 Å². The fourth-order valence-corrected chi connectivity index (χ4v) is 1.21. The van der Waals surface area contributed by atoms with E-state index in [1.807, 2.05) is 30.3 Å². The summed E-state index contributed by atoms with van der Waals surface area (Å²) in [5, 5.41) is 2.78. The highest BCUT2D eigenvalue weighted by Gasteiger charge is 2.08. The molecule has 0 saturated heterocycles. The molecule has 0 fully saturated rings. The van der Waals surface area contributed by atoms with Crippen LogP contribution in [0.1, 0.15) is 18.5 Å². The van der Waals surface area contributed by atoms with Gasteiger partial charge < -0.3 is 11.1 Å². The third-order valence-electron chi connectivity index (χ3n) is 1.82. The van der Waals surface area contributed by atoms with E-state index in [9.17, 15) is 4.79 Å². The number of benzene rings is 1. The van der Waals surface area contributed by atoms with E-state index in [4.69, 9.17) is 5.73 Å². The summed E-state index contributed by atoms with van der Waals surface area (Å²) >= 11 is 0. The zero-order chi connectivity index (χ0) is 9.68. The third kappa shape index (κ3) is 2.87. The Labute approximate surface area is 77.9 Å². The lowest BCUT2D eigenvalue weighted by molar-refractivity contribution is -0.119. The Morgan fingerprint density at radius 2 is 2.08 bits per heavy atom. The summed E-state index contributed by atoms with van der Waals surface area (Å²) < 4.78 is 0. The van der Waals surface area contributed by atoms with Gasteiger partial charge in [0.1, 0.15) is 0 Å². The van der Waals surface area contributed by atoms with E-state index in [1.165, 1.54) is 6.92 Å². The van der Waals surface area contributed by atoms with Crippen LogP contribution in [-0.4, -0.2) is 12.5 Å². The predicted molar refractivity (Wildman–Crippen MR) is 52.1 cm³/mol. The molecular formula is C10H14N2O. The van der Waals surface area contributed by atoms with Crippen molar-refractivity contribution in [3.05, 3.63) is 35.9 Å². The van der Waals surface area contributed by atoms with E-state index in [0.717, 1.165) is 5.56 Å². The van der Waals surface area contributed by atoms with E-state index in [2.05, 4.69) is 5.32 Å². The van der Waals surface area contributed by atoms with E-state index >= 15 is 0 Å². The van der Waals surface area contributed by atoms with E-state index in [0.29, 0.717) is 6.54 Å². The molecule has 0 heterocycles. The van der Waals surface area contributed by atoms with Gasteiger partial charge in [-0.2, -0.15) is 0 Å². The molecule has 1 rings (SSSR count). The van der Waals surface area contributed by atoms with Crippen molar-refractivity contribution >= 4 is 5.91 Å². The number of nitrogens with one attached hydrogen (secondary N) is 1. The van der Waals surface area contributed by atoms with Gasteiger partial charge in [0.2, 0.25) is 5.91 Å². The van der Waals surface area contributed by atoms with Gasteiger partial charge in [-0.25, -0.2) is 0 Å². The molecule has 0 aliphatic heterocycles. The molecule has 0 aliphatic carbocycles. The monoisotopic (exact) mass is 178 g/mol. The lowest BCUT2D eigenvalue weighted by atomic mass is 10.1. The van der Waals surface area contributed by atoms with Crippen LogP contribution in [0, 0.1) is 0 Å². The number of hydrogen-bond acceptors (Lipinski definition) is 2. The molecule has 1 aromatic carbocycles. The van der Waals surface area contributed by atoms with Crippen molar-refractivity contribution in [3.8, 4) is 0 Å². The molecule has 3 heteroatoms. The second-order valence-corrected chi connectivity index (χ2v) is 2.90. The number of carbonyl (C=O) groups excluding carboxylic acids is 1. The molecule has 0 saturated carbocycles. The van der Waals surface area contributed by atoms with E-state index < -0.39 is 0 Å². The highest BCUT2D eigenvalue weighted by molar-refractivity contribution is 5.73. The second-order valence-electron chi connectivity index (χ2n) is 2.90. The molecule has 70 valence electrons. The minimum atomic E-state index is -0.0706. The molecular weight excluding hydrogens is 164 g/mol. The smallest absolute Gasteiger partial charge is 0.217 e. The Bertz CT molecular complexity index is 272. The average molecular weight is 178 g/mol. The normalized spacial score (nSPS) is 12.2. The first-order chi connectivity index (χ1) is 6.24. The summed E-state index contributed by atoms with van der Waals surface area (Å²) in [7, 11) is 0. The van der Waals surface area contributed by atoms with E-state index in [-0.39, 0.29) is 11.9 Å². The van der Waals surface area contributed by atoms with Crippen molar-refractivity contribution in [2.24, 2.45) is 5.73 Å². The molecule has 0 spiro atoms. The van der Waals surface area contributed by atoms with Crippen LogP contribution >= 0.6 is 0 Å². The number of rotatable bonds is 3. The summed E-state index contributed by atoms with van der Waals surface area (Å²) in [6, 6.07) is 9.63. The molecule has 1 amide bonds. The molecule has 1 aromatic rings. The quantitative estimate of drug-likeness (QED) is 0.720. The van der Waals surface area contributed by atoms with Crippen LogP contribution in [0.4, 0.5) is 0 Å². The molecule has 1 atom stereocenters. The number of amides is 1. The topological polar surface area (TPSA) is 55.1 Å². The lowest BCUT2D eigenvalue weighted by Crippen LogP contribution is -2.31. The minimum absolute atomic E-state index is 0.0562. The minimum Gasteiger partial charge on any atom is -0.348 e. The van der Waals surface area contributed by atoms with Gasteiger partial charge in [0.15, 0.2) is 0 Å². The van der Waals surface area contributed by atoms with Crippen LogP contribution < -0.4 is 11.1 Å². The first-order valence-corrected chi connectivity index (χ1v) is 4.26. The Morgan fingerprint density at radius 3 is 2.54 bits per heavy atom. The summed E-state index contributed by atoms with van der Waals surface area (Å²) in [6.07, 6.45) is 0. The predicted octanol–water partition coefficient (Wildman–Crippen LogP) is 0.822. The third-order valence-corrected chi connectivity index (χ3v) is 1.82.